The van der Waals surface area contributed by atoms with Crippen molar-refractivity contribution in [2.75, 3.05) is 18.1 Å². The van der Waals surface area contributed by atoms with Crippen LogP contribution in [0.1, 0.15) is 44.6 Å². The van der Waals surface area contributed by atoms with E-state index in [1.807, 2.05) is 30.3 Å². The summed E-state index contributed by atoms with van der Waals surface area (Å²) in [6, 6.07) is 15.9. The van der Waals surface area contributed by atoms with Gasteiger partial charge in [0.05, 0.1) is 24.2 Å². The molecule has 5 nitrogen and oxygen atoms in total. The summed E-state index contributed by atoms with van der Waals surface area (Å²) in [5.74, 6) is 0.116. The van der Waals surface area contributed by atoms with Crippen LogP contribution in [-0.4, -0.2) is 42.0 Å². The lowest BCUT2D eigenvalue weighted by atomic mass is 9.68. The van der Waals surface area contributed by atoms with Crippen molar-refractivity contribution >= 4 is 11.6 Å². The molecule has 34 heavy (non-hydrogen) atoms. The molecule has 1 saturated heterocycles. The van der Waals surface area contributed by atoms with Crippen LogP contribution in [0.2, 0.25) is 0 Å². The summed E-state index contributed by atoms with van der Waals surface area (Å²) in [4.78, 5) is 15.0. The van der Waals surface area contributed by atoms with Crippen molar-refractivity contribution in [1.82, 2.24) is 0 Å². The topological polar surface area (TPSA) is 59.0 Å². The second-order valence-electron chi connectivity index (χ2n) is 9.49. The molecule has 0 bridgehead atoms. The van der Waals surface area contributed by atoms with E-state index in [1.54, 1.807) is 17.0 Å². The fourth-order valence-corrected chi connectivity index (χ4v) is 4.78. The fourth-order valence-electron chi connectivity index (χ4n) is 4.78. The van der Waals surface area contributed by atoms with Gasteiger partial charge >= 0.3 is 6.18 Å². The van der Waals surface area contributed by atoms with Gasteiger partial charge in [-0.15, -0.1) is 0 Å². The van der Waals surface area contributed by atoms with Gasteiger partial charge in [0.25, 0.3) is 0 Å². The van der Waals surface area contributed by atoms with E-state index in [0.29, 0.717) is 50.9 Å². The molecule has 8 heteroatoms. The minimum Gasteiger partial charge on any atom is -0.481 e. The molecular formula is C26H30F3NO4. The average Bonchev–Trinajstić information content (AvgIpc) is 3.13. The van der Waals surface area contributed by atoms with Gasteiger partial charge in [-0.1, -0.05) is 30.3 Å². The second-order valence-corrected chi connectivity index (χ2v) is 9.49. The van der Waals surface area contributed by atoms with Crippen LogP contribution in [-0.2, 0) is 16.1 Å². The van der Waals surface area contributed by atoms with E-state index < -0.39 is 23.3 Å². The molecule has 184 valence electrons. The second kappa shape index (κ2) is 9.58. The minimum atomic E-state index is -4.44. The summed E-state index contributed by atoms with van der Waals surface area (Å²) in [5, 5.41) is 11.0. The van der Waals surface area contributed by atoms with E-state index >= 15 is 0 Å². The molecule has 0 unspecified atom stereocenters. The molecule has 2 aromatic rings. The monoisotopic (exact) mass is 477 g/mol. The molecule has 2 fully saturated rings. The Balaban J connectivity index is 1.31. The number of amides is 1. The van der Waals surface area contributed by atoms with Gasteiger partial charge in [-0.25, -0.2) is 0 Å². The van der Waals surface area contributed by atoms with Gasteiger partial charge in [0, 0.05) is 12.2 Å². The SMILES string of the molecule is C[C@@H](Oc1ccc(N2CCC3(CCC(O)(COCc4ccccc4)CC3)C2=O)cc1)C(F)(F)F. The Morgan fingerprint density at radius 1 is 1.00 bits per heavy atom. The number of nitrogens with zero attached hydrogens (tertiary/aromatic N) is 1. The van der Waals surface area contributed by atoms with Gasteiger partial charge in [-0.05, 0) is 68.9 Å². The van der Waals surface area contributed by atoms with Crippen LogP contribution < -0.4 is 9.64 Å². The molecule has 0 aromatic heterocycles. The van der Waals surface area contributed by atoms with Gasteiger partial charge in [-0.2, -0.15) is 13.2 Å². The number of ether oxygens (including phenoxy) is 2. The lowest BCUT2D eigenvalue weighted by molar-refractivity contribution is -0.189. The van der Waals surface area contributed by atoms with Crippen molar-refractivity contribution in [3.8, 4) is 5.75 Å². The zero-order valence-electron chi connectivity index (χ0n) is 19.2. The van der Waals surface area contributed by atoms with Crippen LogP contribution in [0.15, 0.2) is 54.6 Å². The predicted molar refractivity (Wildman–Crippen MR) is 122 cm³/mol. The molecule has 1 atom stereocenters. The van der Waals surface area contributed by atoms with Crippen molar-refractivity contribution in [3.63, 3.8) is 0 Å². The van der Waals surface area contributed by atoms with Crippen LogP contribution in [0.3, 0.4) is 0 Å². The number of halogens is 3. The number of alkyl halides is 3. The third kappa shape index (κ3) is 5.39. The van der Waals surface area contributed by atoms with Crippen LogP contribution in [0.25, 0.3) is 0 Å². The summed E-state index contributed by atoms with van der Waals surface area (Å²) in [6.07, 6.45) is -3.52. The highest BCUT2D eigenvalue weighted by Gasteiger charge is 2.51. The lowest BCUT2D eigenvalue weighted by Crippen LogP contribution is -2.45. The van der Waals surface area contributed by atoms with E-state index in [-0.39, 0.29) is 18.3 Å². The van der Waals surface area contributed by atoms with Crippen molar-refractivity contribution in [1.29, 1.82) is 0 Å². The molecule has 2 aliphatic rings. The molecule has 1 saturated carbocycles. The summed E-state index contributed by atoms with van der Waals surface area (Å²) in [7, 11) is 0. The molecule has 0 radical (unpaired) electrons. The maximum Gasteiger partial charge on any atom is 0.425 e. The number of carbonyl (C=O) groups is 1. The molecule has 4 rings (SSSR count). The summed E-state index contributed by atoms with van der Waals surface area (Å²) >= 11 is 0. The Bertz CT molecular complexity index is 970. The normalized spacial score (nSPS) is 26.1. The highest BCUT2D eigenvalue weighted by molar-refractivity contribution is 6.00. The first kappa shape index (κ1) is 24.5. The number of rotatable bonds is 7. The Hall–Kier alpha value is -2.58. The number of anilines is 1. The van der Waals surface area contributed by atoms with Crippen LogP contribution in [0.5, 0.6) is 5.75 Å². The van der Waals surface area contributed by atoms with Crippen LogP contribution >= 0.6 is 0 Å². The number of hydrogen-bond acceptors (Lipinski definition) is 4. The zero-order chi connectivity index (χ0) is 24.4. The third-order valence-electron chi connectivity index (χ3n) is 7.06. The van der Waals surface area contributed by atoms with E-state index in [2.05, 4.69) is 0 Å². The average molecular weight is 478 g/mol. The van der Waals surface area contributed by atoms with Crippen molar-refractivity contribution in [3.05, 3.63) is 60.2 Å². The van der Waals surface area contributed by atoms with E-state index in [4.69, 9.17) is 9.47 Å². The highest BCUT2D eigenvalue weighted by Crippen LogP contribution is 2.48. The Kier molecular flexibility index (Phi) is 6.92. The standard InChI is InChI=1S/C26H30F3NO4/c1-19(26(27,28)29)34-22-9-7-21(8-10-22)30-16-15-24(23(30)31)11-13-25(32,14-12-24)18-33-17-20-5-3-2-4-6-20/h2-10,19,32H,11-18H2,1H3/t19-,24?,25?/m1/s1. The van der Waals surface area contributed by atoms with Gasteiger partial charge in [-0.3, -0.25) is 4.79 Å². The Labute approximate surface area is 197 Å². The fraction of sp³-hybridized carbons (Fsp3) is 0.500. The molecule has 1 amide bonds. The van der Waals surface area contributed by atoms with Crippen molar-refractivity contribution in [2.24, 2.45) is 5.41 Å². The smallest absolute Gasteiger partial charge is 0.425 e. The lowest BCUT2D eigenvalue weighted by Gasteiger charge is -2.40. The molecular weight excluding hydrogens is 447 g/mol. The van der Waals surface area contributed by atoms with E-state index in [0.717, 1.165) is 12.5 Å². The Morgan fingerprint density at radius 3 is 2.26 bits per heavy atom. The number of aliphatic hydroxyl groups is 1. The third-order valence-corrected chi connectivity index (χ3v) is 7.06. The molecule has 1 N–H and O–H groups in total. The zero-order valence-corrected chi connectivity index (χ0v) is 19.2. The van der Waals surface area contributed by atoms with Crippen LogP contribution in [0.4, 0.5) is 18.9 Å². The maximum absolute atomic E-state index is 13.3. The minimum absolute atomic E-state index is 0.0112. The first-order valence-electron chi connectivity index (χ1n) is 11.6. The first-order chi connectivity index (χ1) is 16.1. The summed E-state index contributed by atoms with van der Waals surface area (Å²) in [5.41, 5.74) is 0.234. The Morgan fingerprint density at radius 2 is 1.65 bits per heavy atom. The van der Waals surface area contributed by atoms with Gasteiger partial charge < -0.3 is 19.5 Å². The summed E-state index contributed by atoms with van der Waals surface area (Å²) < 4.78 is 48.8. The van der Waals surface area contributed by atoms with Gasteiger partial charge in [0.1, 0.15) is 5.75 Å². The number of benzene rings is 2. The number of carbonyl (C=O) groups excluding carboxylic acids is 1. The van der Waals surface area contributed by atoms with Crippen molar-refractivity contribution < 1.29 is 32.5 Å². The summed E-state index contributed by atoms with van der Waals surface area (Å²) in [6.45, 7) is 2.16. The first-order valence-corrected chi connectivity index (χ1v) is 11.6. The van der Waals surface area contributed by atoms with Crippen molar-refractivity contribution in [2.45, 2.75) is 63.5 Å². The van der Waals surface area contributed by atoms with E-state index in [1.165, 1.54) is 12.1 Å². The van der Waals surface area contributed by atoms with Gasteiger partial charge in [0.15, 0.2) is 6.10 Å². The van der Waals surface area contributed by atoms with Crippen LogP contribution in [0, 0.1) is 5.41 Å². The molecule has 2 aromatic carbocycles. The number of hydrogen-bond donors (Lipinski definition) is 1. The van der Waals surface area contributed by atoms with Gasteiger partial charge in [0.2, 0.25) is 5.91 Å². The van der Waals surface area contributed by atoms with E-state index in [9.17, 15) is 23.1 Å². The quantitative estimate of drug-likeness (QED) is 0.591. The predicted octanol–water partition coefficient (Wildman–Crippen LogP) is 5.26. The molecule has 1 heterocycles. The maximum atomic E-state index is 13.3. The largest absolute Gasteiger partial charge is 0.481 e. The highest BCUT2D eigenvalue weighted by atomic mass is 19.4. The molecule has 1 spiro atoms. The molecule has 1 aliphatic carbocycles. The molecule has 1 aliphatic heterocycles.